The van der Waals surface area contributed by atoms with Gasteiger partial charge in [-0.2, -0.15) is 0 Å². The van der Waals surface area contributed by atoms with Crippen LogP contribution in [-0.2, 0) is 19.1 Å². The maximum atomic E-state index is 11.6. The molecular formula is C42H81NO4. The summed E-state index contributed by atoms with van der Waals surface area (Å²) in [5.41, 5.74) is 0. The van der Waals surface area contributed by atoms with E-state index in [2.05, 4.69) is 54.7 Å². The lowest BCUT2D eigenvalue weighted by atomic mass is 10.1. The number of unbranched alkanes of at least 4 members (excludes halogenated alkanes) is 22. The van der Waals surface area contributed by atoms with Crippen molar-refractivity contribution in [2.24, 2.45) is 0 Å². The number of carbonyl (C=O) groups excluding carboxylic acids is 2. The highest BCUT2D eigenvalue weighted by Crippen LogP contribution is 2.12. The second kappa shape index (κ2) is 42.4. The van der Waals surface area contributed by atoms with Crippen molar-refractivity contribution in [1.82, 2.24) is 4.90 Å². The minimum absolute atomic E-state index is 0.0351. The van der Waals surface area contributed by atoms with Gasteiger partial charge in [-0.25, -0.2) is 0 Å². The van der Waals surface area contributed by atoms with Crippen LogP contribution in [0.25, 0.3) is 0 Å². The molecule has 0 aliphatic carbocycles. The van der Waals surface area contributed by atoms with Gasteiger partial charge in [0.2, 0.25) is 0 Å². The van der Waals surface area contributed by atoms with Crippen LogP contribution in [0, 0.1) is 0 Å². The highest BCUT2D eigenvalue weighted by molar-refractivity contribution is 5.69. The van der Waals surface area contributed by atoms with Gasteiger partial charge in [0, 0.05) is 19.4 Å². The van der Waals surface area contributed by atoms with Gasteiger partial charge in [0.15, 0.2) is 0 Å². The van der Waals surface area contributed by atoms with Crippen LogP contribution >= 0.6 is 0 Å². The predicted octanol–water partition coefficient (Wildman–Crippen LogP) is 12.7. The van der Waals surface area contributed by atoms with Gasteiger partial charge in [0.25, 0.3) is 0 Å². The zero-order chi connectivity index (χ0) is 34.9. The fourth-order valence-electron chi connectivity index (χ4n) is 5.33. The predicted molar refractivity (Wildman–Crippen MR) is 205 cm³/mol. The van der Waals surface area contributed by atoms with E-state index >= 15 is 0 Å². The molecule has 0 spiro atoms. The van der Waals surface area contributed by atoms with Crippen molar-refractivity contribution in [3.05, 3.63) is 24.3 Å². The number of likely N-dealkylation sites (N-methyl/N-ethyl adjacent to an activating group) is 1. The monoisotopic (exact) mass is 664 g/mol. The molecule has 0 fully saturated rings. The molecule has 0 saturated carbocycles. The third-order valence-electron chi connectivity index (χ3n) is 8.79. The lowest BCUT2D eigenvalue weighted by molar-refractivity contribution is -0.144. The highest BCUT2D eigenvalue weighted by atomic mass is 16.5. The van der Waals surface area contributed by atoms with Gasteiger partial charge in [0.05, 0.1) is 7.11 Å². The number of ether oxygens (including phenoxy) is 2. The topological polar surface area (TPSA) is 55.8 Å². The molecule has 0 bridgehead atoms. The number of allylic oxidation sites excluding steroid dienone is 4. The summed E-state index contributed by atoms with van der Waals surface area (Å²) < 4.78 is 9.87. The van der Waals surface area contributed by atoms with Gasteiger partial charge >= 0.3 is 11.9 Å². The van der Waals surface area contributed by atoms with Crippen molar-refractivity contribution >= 4 is 11.9 Å². The van der Waals surface area contributed by atoms with Crippen molar-refractivity contribution in [2.45, 2.75) is 201 Å². The molecule has 47 heavy (non-hydrogen) atoms. The number of hydrogen-bond donors (Lipinski definition) is 0. The van der Waals surface area contributed by atoms with Gasteiger partial charge < -0.3 is 14.4 Å². The van der Waals surface area contributed by atoms with E-state index in [0.717, 1.165) is 38.8 Å². The maximum Gasteiger partial charge on any atom is 0.305 e. The molecule has 5 heteroatoms. The van der Waals surface area contributed by atoms with Crippen LogP contribution in [0.1, 0.15) is 201 Å². The minimum atomic E-state index is -0.0763. The van der Waals surface area contributed by atoms with Crippen LogP contribution in [0.4, 0.5) is 0 Å². The first-order chi connectivity index (χ1) is 23.0. The van der Waals surface area contributed by atoms with Gasteiger partial charge in [-0.05, 0) is 77.8 Å². The molecule has 0 saturated heterocycles. The van der Waals surface area contributed by atoms with Crippen LogP contribution in [0.15, 0.2) is 24.3 Å². The smallest absolute Gasteiger partial charge is 0.305 e. The third-order valence-corrected chi connectivity index (χ3v) is 8.79. The lowest BCUT2D eigenvalue weighted by Gasteiger charge is -2.13. The fraction of sp³-hybridized carbons (Fsp3) is 0.857. The van der Waals surface area contributed by atoms with E-state index in [0.29, 0.717) is 19.4 Å². The summed E-state index contributed by atoms with van der Waals surface area (Å²) >= 11 is 0. The van der Waals surface area contributed by atoms with E-state index in [1.54, 1.807) is 0 Å². The number of carbonyl (C=O) groups is 2. The zero-order valence-corrected chi connectivity index (χ0v) is 32.3. The summed E-state index contributed by atoms with van der Waals surface area (Å²) in [6.45, 7) is 8.98. The van der Waals surface area contributed by atoms with E-state index in [-0.39, 0.29) is 11.9 Å². The highest BCUT2D eigenvalue weighted by Gasteiger charge is 2.03. The van der Waals surface area contributed by atoms with Gasteiger partial charge in [-0.3, -0.25) is 9.59 Å². The third kappa shape index (κ3) is 44.4. The molecule has 5 nitrogen and oxygen atoms in total. The van der Waals surface area contributed by atoms with Crippen LogP contribution in [0.3, 0.4) is 0 Å². The van der Waals surface area contributed by atoms with Crippen LogP contribution in [0.5, 0.6) is 0 Å². The molecule has 0 unspecified atom stereocenters. The molecule has 0 atom stereocenters. The van der Waals surface area contributed by atoms with Crippen molar-refractivity contribution in [1.29, 1.82) is 0 Å². The Hall–Kier alpha value is -1.62. The second-order valence-corrected chi connectivity index (χ2v) is 13.4. The van der Waals surface area contributed by atoms with Gasteiger partial charge in [-0.15, -0.1) is 0 Å². The zero-order valence-electron chi connectivity index (χ0n) is 32.3. The molecule has 0 aliphatic heterocycles. The summed E-state index contributed by atoms with van der Waals surface area (Å²) in [5.74, 6) is -0.111. The summed E-state index contributed by atoms with van der Waals surface area (Å²) in [4.78, 5) is 24.7. The first-order valence-electron chi connectivity index (χ1n) is 20.2. The maximum absolute atomic E-state index is 11.6. The SMILES string of the molecule is CCCCCCCC/C=C\CCCCCCCC(=O)OC.CCCCCCCC/C=C\CCCCCCCC(=O)OCCN(C)CC. The molecular weight excluding hydrogens is 582 g/mol. The van der Waals surface area contributed by atoms with E-state index in [1.165, 1.54) is 148 Å². The van der Waals surface area contributed by atoms with Crippen LogP contribution < -0.4 is 0 Å². The number of hydrogen-bond acceptors (Lipinski definition) is 5. The molecule has 278 valence electrons. The van der Waals surface area contributed by atoms with E-state index in [4.69, 9.17) is 4.74 Å². The van der Waals surface area contributed by atoms with Gasteiger partial charge in [0.1, 0.15) is 6.61 Å². The van der Waals surface area contributed by atoms with Crippen molar-refractivity contribution in [3.8, 4) is 0 Å². The van der Waals surface area contributed by atoms with Crippen molar-refractivity contribution < 1.29 is 19.1 Å². The molecule has 0 N–H and O–H groups in total. The Bertz CT molecular complexity index is 690. The quantitative estimate of drug-likeness (QED) is 0.0389. The van der Waals surface area contributed by atoms with E-state index < -0.39 is 0 Å². The Morgan fingerprint density at radius 3 is 1.19 bits per heavy atom. The summed E-state index contributed by atoms with van der Waals surface area (Å²) in [7, 11) is 3.50. The van der Waals surface area contributed by atoms with Crippen LogP contribution in [-0.4, -0.2) is 50.7 Å². The molecule has 0 heterocycles. The Morgan fingerprint density at radius 2 is 0.830 bits per heavy atom. The normalized spacial score (nSPS) is 11.4. The molecule has 0 aromatic rings. The molecule has 0 aliphatic rings. The molecule has 0 amide bonds. The molecule has 0 aromatic carbocycles. The Morgan fingerprint density at radius 1 is 0.489 bits per heavy atom. The largest absolute Gasteiger partial charge is 0.469 e. The molecule has 0 rings (SSSR count). The Labute approximate surface area is 294 Å². The standard InChI is InChI=1S/C23H45NO2.C19H36O2/c1-4-6-7-8-9-10-11-12-13-14-15-16-17-18-19-20-23(25)26-22-21-24(3)5-2;1-3-4-5-6-7-8-9-10-11-12-13-14-15-16-17-18-19(20)21-2/h12-13H,4-11,14-22H2,1-3H3;10-11H,3-9,12-18H2,1-2H3/b13-12-;11-10-. The molecule has 0 aromatic heterocycles. The van der Waals surface area contributed by atoms with E-state index in [1.807, 2.05) is 7.05 Å². The number of nitrogens with zero attached hydrogens (tertiary/aromatic N) is 1. The Kier molecular flexibility index (Phi) is 42.9. The fourth-order valence-corrected chi connectivity index (χ4v) is 5.33. The minimum Gasteiger partial charge on any atom is -0.469 e. The lowest BCUT2D eigenvalue weighted by Crippen LogP contribution is -2.23. The van der Waals surface area contributed by atoms with Crippen LogP contribution in [0.2, 0.25) is 0 Å². The van der Waals surface area contributed by atoms with Crippen molar-refractivity contribution in [3.63, 3.8) is 0 Å². The summed E-state index contributed by atoms with van der Waals surface area (Å²) in [5, 5.41) is 0. The number of methoxy groups -OCH3 is 1. The molecule has 0 radical (unpaired) electrons. The first-order valence-corrected chi connectivity index (χ1v) is 20.2. The number of esters is 2. The first kappa shape index (κ1) is 47.5. The van der Waals surface area contributed by atoms with Gasteiger partial charge in [-0.1, -0.05) is 148 Å². The Balaban J connectivity index is 0. The average molecular weight is 664 g/mol. The summed E-state index contributed by atoms with van der Waals surface area (Å²) in [6, 6.07) is 0. The van der Waals surface area contributed by atoms with E-state index in [9.17, 15) is 9.59 Å². The second-order valence-electron chi connectivity index (χ2n) is 13.4. The van der Waals surface area contributed by atoms with Crippen molar-refractivity contribution in [2.75, 3.05) is 33.9 Å². The summed E-state index contributed by atoms with van der Waals surface area (Å²) in [6.07, 6.45) is 43.9. The average Bonchev–Trinajstić information content (AvgIpc) is 3.08. The number of rotatable bonds is 34.